The smallest absolute Gasteiger partial charge is 0.273 e. The number of benzene rings is 2. The highest BCUT2D eigenvalue weighted by molar-refractivity contribution is 5.39. The minimum atomic E-state index is -0.334. The van der Waals surface area contributed by atoms with Gasteiger partial charge in [0.05, 0.1) is 12.0 Å². The summed E-state index contributed by atoms with van der Waals surface area (Å²) in [6, 6.07) is 15.2. The lowest BCUT2D eigenvalue weighted by molar-refractivity contribution is -0.385. The molecule has 0 aromatic heterocycles. The molecule has 0 heterocycles. The molecule has 0 radical (unpaired) electrons. The number of nitro groups is 1. The van der Waals surface area contributed by atoms with E-state index in [9.17, 15) is 10.1 Å². The fraction of sp³-hybridized carbons (Fsp3) is 0.333. The Bertz CT molecular complexity index is 641. The largest absolute Gasteiger partial charge is 0.497 e. The molecule has 0 aliphatic heterocycles. The first-order valence-corrected chi connectivity index (χ1v) is 7.68. The zero-order valence-electron chi connectivity index (χ0n) is 13.5. The molecule has 0 fully saturated rings. The van der Waals surface area contributed by atoms with Gasteiger partial charge in [-0.15, -0.1) is 0 Å². The molecule has 1 N–H and O–H groups in total. The molecule has 0 amide bonds. The summed E-state index contributed by atoms with van der Waals surface area (Å²) in [5.41, 5.74) is 2.14. The summed E-state index contributed by atoms with van der Waals surface area (Å²) in [6.45, 7) is 2.60. The SMILES string of the molecule is COc1ccc(CCC(C)NCc2ccccc2[N+](=O)[O-])cc1. The predicted octanol–water partition coefficient (Wildman–Crippen LogP) is 3.71. The van der Waals surface area contributed by atoms with Crippen LogP contribution >= 0.6 is 0 Å². The lowest BCUT2D eigenvalue weighted by Crippen LogP contribution is -2.26. The van der Waals surface area contributed by atoms with Crippen molar-refractivity contribution in [3.05, 3.63) is 69.8 Å². The number of hydrogen-bond donors (Lipinski definition) is 1. The number of rotatable bonds is 8. The highest BCUT2D eigenvalue weighted by atomic mass is 16.6. The van der Waals surface area contributed by atoms with Crippen molar-refractivity contribution in [1.82, 2.24) is 5.32 Å². The molecule has 0 saturated carbocycles. The summed E-state index contributed by atoms with van der Waals surface area (Å²) >= 11 is 0. The third-order valence-corrected chi connectivity index (χ3v) is 3.85. The van der Waals surface area contributed by atoms with Crippen LogP contribution in [0.3, 0.4) is 0 Å². The van der Waals surface area contributed by atoms with Gasteiger partial charge in [-0.25, -0.2) is 0 Å². The molecule has 23 heavy (non-hydrogen) atoms. The van der Waals surface area contributed by atoms with E-state index in [-0.39, 0.29) is 16.7 Å². The van der Waals surface area contributed by atoms with Crippen LogP contribution in [0.25, 0.3) is 0 Å². The minimum absolute atomic E-state index is 0.169. The van der Waals surface area contributed by atoms with Crippen molar-refractivity contribution in [2.45, 2.75) is 32.4 Å². The number of nitrogens with one attached hydrogen (secondary N) is 1. The number of aryl methyl sites for hydroxylation is 1. The predicted molar refractivity (Wildman–Crippen MR) is 90.7 cm³/mol. The van der Waals surface area contributed by atoms with E-state index in [1.54, 1.807) is 25.3 Å². The maximum atomic E-state index is 11.0. The number of hydrogen-bond acceptors (Lipinski definition) is 4. The molecule has 5 heteroatoms. The standard InChI is InChI=1S/C18H22N2O3/c1-14(7-8-15-9-11-17(23-2)12-10-15)19-13-16-5-3-4-6-18(16)20(21)22/h3-6,9-12,14,19H,7-8,13H2,1-2H3. The molecule has 5 nitrogen and oxygen atoms in total. The summed E-state index contributed by atoms with van der Waals surface area (Å²) < 4.78 is 5.15. The molecule has 2 aromatic carbocycles. The normalized spacial score (nSPS) is 11.9. The molecular formula is C18H22N2O3. The first kappa shape index (κ1) is 17.0. The van der Waals surface area contributed by atoms with E-state index in [0.717, 1.165) is 18.6 Å². The van der Waals surface area contributed by atoms with Gasteiger partial charge in [0, 0.05) is 24.2 Å². The van der Waals surface area contributed by atoms with Crippen molar-refractivity contribution in [3.63, 3.8) is 0 Å². The van der Waals surface area contributed by atoms with Crippen LogP contribution in [-0.4, -0.2) is 18.1 Å². The molecule has 0 spiro atoms. The van der Waals surface area contributed by atoms with Gasteiger partial charge in [0.15, 0.2) is 0 Å². The van der Waals surface area contributed by atoms with Crippen molar-refractivity contribution < 1.29 is 9.66 Å². The van der Waals surface area contributed by atoms with E-state index in [1.807, 2.05) is 18.2 Å². The van der Waals surface area contributed by atoms with Crippen molar-refractivity contribution >= 4 is 5.69 Å². The van der Waals surface area contributed by atoms with Crippen LogP contribution in [0.5, 0.6) is 5.75 Å². The molecule has 1 atom stereocenters. The summed E-state index contributed by atoms with van der Waals surface area (Å²) in [4.78, 5) is 10.7. The summed E-state index contributed by atoms with van der Waals surface area (Å²) in [5, 5.41) is 14.4. The fourth-order valence-electron chi connectivity index (χ4n) is 2.40. The lowest BCUT2D eigenvalue weighted by Gasteiger charge is -2.14. The van der Waals surface area contributed by atoms with Crippen molar-refractivity contribution in [2.24, 2.45) is 0 Å². The van der Waals surface area contributed by atoms with E-state index in [4.69, 9.17) is 4.74 Å². The summed E-state index contributed by atoms with van der Waals surface area (Å²) in [6.07, 6.45) is 1.92. The maximum Gasteiger partial charge on any atom is 0.273 e. The maximum absolute atomic E-state index is 11.0. The zero-order chi connectivity index (χ0) is 16.7. The average molecular weight is 314 g/mol. The van der Waals surface area contributed by atoms with Crippen molar-refractivity contribution in [3.8, 4) is 5.75 Å². The topological polar surface area (TPSA) is 64.4 Å². The van der Waals surface area contributed by atoms with Crippen LogP contribution in [0, 0.1) is 10.1 Å². The Morgan fingerprint density at radius 1 is 1.17 bits per heavy atom. The molecule has 1 unspecified atom stereocenters. The lowest BCUT2D eigenvalue weighted by atomic mass is 10.1. The van der Waals surface area contributed by atoms with Gasteiger partial charge in [-0.1, -0.05) is 30.3 Å². The average Bonchev–Trinajstić information content (AvgIpc) is 2.58. The van der Waals surface area contributed by atoms with Gasteiger partial charge in [-0.3, -0.25) is 10.1 Å². The molecule has 0 aliphatic carbocycles. The molecule has 0 aliphatic rings. The van der Waals surface area contributed by atoms with Gasteiger partial charge in [0.25, 0.3) is 5.69 Å². The monoisotopic (exact) mass is 314 g/mol. The first-order valence-electron chi connectivity index (χ1n) is 7.68. The van der Waals surface area contributed by atoms with Gasteiger partial charge >= 0.3 is 0 Å². The summed E-state index contributed by atoms with van der Waals surface area (Å²) in [7, 11) is 1.66. The van der Waals surface area contributed by atoms with Crippen LogP contribution in [0.1, 0.15) is 24.5 Å². The third kappa shape index (κ3) is 5.07. The highest BCUT2D eigenvalue weighted by Crippen LogP contribution is 2.18. The molecule has 2 aromatic rings. The van der Waals surface area contributed by atoms with E-state index < -0.39 is 0 Å². The number of nitro benzene ring substituents is 1. The Hall–Kier alpha value is -2.40. The Labute approximate surface area is 136 Å². The van der Waals surface area contributed by atoms with Crippen molar-refractivity contribution in [1.29, 1.82) is 0 Å². The van der Waals surface area contributed by atoms with Crippen LogP contribution in [0.15, 0.2) is 48.5 Å². The number of methoxy groups -OCH3 is 1. The fourth-order valence-corrected chi connectivity index (χ4v) is 2.40. The van der Waals surface area contributed by atoms with E-state index in [1.165, 1.54) is 5.56 Å². The number of ether oxygens (including phenoxy) is 1. The highest BCUT2D eigenvalue weighted by Gasteiger charge is 2.12. The molecule has 0 bridgehead atoms. The van der Waals surface area contributed by atoms with Crippen molar-refractivity contribution in [2.75, 3.05) is 7.11 Å². The Morgan fingerprint density at radius 2 is 1.87 bits per heavy atom. The second-order valence-electron chi connectivity index (χ2n) is 5.55. The Kier molecular flexibility index (Phi) is 6.11. The summed E-state index contributed by atoms with van der Waals surface area (Å²) in [5.74, 6) is 0.858. The van der Waals surface area contributed by atoms with Crippen LogP contribution in [0.2, 0.25) is 0 Å². The van der Waals surface area contributed by atoms with Gasteiger partial charge in [0.2, 0.25) is 0 Å². The Balaban J connectivity index is 1.83. The molecule has 0 saturated heterocycles. The number of para-hydroxylation sites is 1. The van der Waals surface area contributed by atoms with E-state index >= 15 is 0 Å². The minimum Gasteiger partial charge on any atom is -0.497 e. The van der Waals surface area contributed by atoms with Gasteiger partial charge in [-0.05, 0) is 37.5 Å². The zero-order valence-corrected chi connectivity index (χ0v) is 13.5. The molecule has 122 valence electrons. The van der Waals surface area contributed by atoms with E-state index in [0.29, 0.717) is 12.1 Å². The first-order chi connectivity index (χ1) is 11.1. The third-order valence-electron chi connectivity index (χ3n) is 3.85. The number of nitrogens with zero attached hydrogens (tertiary/aromatic N) is 1. The Morgan fingerprint density at radius 3 is 2.52 bits per heavy atom. The van der Waals surface area contributed by atoms with Crippen LogP contribution in [-0.2, 0) is 13.0 Å². The van der Waals surface area contributed by atoms with Gasteiger partial charge in [-0.2, -0.15) is 0 Å². The molecular weight excluding hydrogens is 292 g/mol. The van der Waals surface area contributed by atoms with Crippen LogP contribution < -0.4 is 10.1 Å². The second-order valence-corrected chi connectivity index (χ2v) is 5.55. The van der Waals surface area contributed by atoms with Gasteiger partial charge in [0.1, 0.15) is 5.75 Å². The second kappa shape index (κ2) is 8.29. The van der Waals surface area contributed by atoms with Crippen LogP contribution in [0.4, 0.5) is 5.69 Å². The van der Waals surface area contributed by atoms with E-state index in [2.05, 4.69) is 24.4 Å². The quantitative estimate of drug-likeness (QED) is 0.596. The molecule has 2 rings (SSSR count). The van der Waals surface area contributed by atoms with Gasteiger partial charge < -0.3 is 10.1 Å².